The molecule has 23 heavy (non-hydrogen) atoms. The van der Waals surface area contributed by atoms with E-state index in [1.54, 1.807) is 6.20 Å². The maximum Gasteiger partial charge on any atom is 0.247 e. The van der Waals surface area contributed by atoms with Crippen LogP contribution in [-0.2, 0) is 6.54 Å². The summed E-state index contributed by atoms with van der Waals surface area (Å²) in [5.74, 6) is 1.43. The highest BCUT2D eigenvalue weighted by atomic mass is 35.5. The summed E-state index contributed by atoms with van der Waals surface area (Å²) in [4.78, 5) is 9.19. The number of likely N-dealkylation sites (N-methyl/N-ethyl adjacent to an activating group) is 1. The molecule has 0 spiro atoms. The van der Waals surface area contributed by atoms with Crippen LogP contribution in [0.1, 0.15) is 12.5 Å². The van der Waals surface area contributed by atoms with Crippen LogP contribution in [0.2, 0.25) is 5.02 Å². The predicted molar refractivity (Wildman–Crippen MR) is 92.9 cm³/mol. The van der Waals surface area contributed by atoms with Crippen molar-refractivity contribution in [3.63, 3.8) is 0 Å². The standard InChI is InChI=1S/C16H21ClN6/c1-2-22-7-9-23(10-8-22)16-20-15(12-19-21-16)18-11-13-3-5-14(17)6-4-13/h3-6,12H,2,7-11H2,1H3,(H,18,20,21). The highest BCUT2D eigenvalue weighted by molar-refractivity contribution is 6.30. The van der Waals surface area contributed by atoms with Gasteiger partial charge < -0.3 is 15.1 Å². The highest BCUT2D eigenvalue weighted by Crippen LogP contribution is 2.14. The molecule has 0 bridgehead atoms. The molecule has 1 N–H and O–H groups in total. The molecule has 1 saturated heterocycles. The zero-order chi connectivity index (χ0) is 16.1. The van der Waals surface area contributed by atoms with Crippen LogP contribution in [0.3, 0.4) is 0 Å². The zero-order valence-electron chi connectivity index (χ0n) is 13.2. The number of nitrogens with one attached hydrogen (secondary N) is 1. The lowest BCUT2D eigenvalue weighted by Gasteiger charge is -2.33. The number of hydrogen-bond donors (Lipinski definition) is 1. The molecule has 2 aromatic rings. The number of halogens is 1. The first-order valence-electron chi connectivity index (χ1n) is 7.90. The fourth-order valence-electron chi connectivity index (χ4n) is 2.57. The van der Waals surface area contributed by atoms with Crippen molar-refractivity contribution in [2.24, 2.45) is 0 Å². The van der Waals surface area contributed by atoms with Crippen molar-refractivity contribution >= 4 is 23.4 Å². The molecular weight excluding hydrogens is 312 g/mol. The highest BCUT2D eigenvalue weighted by Gasteiger charge is 2.18. The van der Waals surface area contributed by atoms with Gasteiger partial charge in [0.25, 0.3) is 0 Å². The van der Waals surface area contributed by atoms with Gasteiger partial charge in [-0.1, -0.05) is 30.7 Å². The molecule has 1 aromatic carbocycles. The van der Waals surface area contributed by atoms with Crippen LogP contribution in [0.15, 0.2) is 30.5 Å². The summed E-state index contributed by atoms with van der Waals surface area (Å²) in [7, 11) is 0. The first-order valence-corrected chi connectivity index (χ1v) is 8.27. The first-order chi connectivity index (χ1) is 11.2. The van der Waals surface area contributed by atoms with Crippen LogP contribution in [0.25, 0.3) is 0 Å². The Hall–Kier alpha value is -1.92. The predicted octanol–water partition coefficient (Wildman–Crippen LogP) is 2.28. The lowest BCUT2D eigenvalue weighted by atomic mass is 10.2. The monoisotopic (exact) mass is 332 g/mol. The average Bonchev–Trinajstić information content (AvgIpc) is 2.61. The van der Waals surface area contributed by atoms with E-state index in [2.05, 4.69) is 37.2 Å². The van der Waals surface area contributed by atoms with E-state index in [4.69, 9.17) is 11.6 Å². The summed E-state index contributed by atoms with van der Waals surface area (Å²) in [6.45, 7) is 7.93. The maximum absolute atomic E-state index is 5.90. The molecule has 7 heteroatoms. The summed E-state index contributed by atoms with van der Waals surface area (Å²) in [5.41, 5.74) is 1.14. The van der Waals surface area contributed by atoms with Crippen molar-refractivity contribution in [1.29, 1.82) is 0 Å². The minimum Gasteiger partial charge on any atom is -0.365 e. The van der Waals surface area contributed by atoms with E-state index in [0.29, 0.717) is 12.5 Å². The minimum atomic E-state index is 0.679. The molecule has 1 fully saturated rings. The van der Waals surface area contributed by atoms with Gasteiger partial charge in [0, 0.05) is 37.7 Å². The van der Waals surface area contributed by atoms with Crippen molar-refractivity contribution < 1.29 is 0 Å². The smallest absolute Gasteiger partial charge is 0.247 e. The summed E-state index contributed by atoms with van der Waals surface area (Å²) in [6, 6.07) is 7.76. The van der Waals surface area contributed by atoms with Crippen molar-refractivity contribution in [3.8, 4) is 0 Å². The molecule has 0 atom stereocenters. The van der Waals surface area contributed by atoms with Gasteiger partial charge in [-0.3, -0.25) is 0 Å². The lowest BCUT2D eigenvalue weighted by Crippen LogP contribution is -2.46. The van der Waals surface area contributed by atoms with Gasteiger partial charge in [0.15, 0.2) is 5.82 Å². The van der Waals surface area contributed by atoms with Crippen molar-refractivity contribution in [2.75, 3.05) is 42.9 Å². The molecule has 1 aliphatic heterocycles. The Balaban J connectivity index is 1.60. The normalized spacial score (nSPS) is 15.7. The van der Waals surface area contributed by atoms with E-state index in [-0.39, 0.29) is 0 Å². The average molecular weight is 333 g/mol. The van der Waals surface area contributed by atoms with Gasteiger partial charge >= 0.3 is 0 Å². The number of hydrogen-bond acceptors (Lipinski definition) is 6. The molecule has 0 aliphatic carbocycles. The molecule has 3 rings (SSSR count). The van der Waals surface area contributed by atoms with E-state index in [9.17, 15) is 0 Å². The van der Waals surface area contributed by atoms with Crippen molar-refractivity contribution in [1.82, 2.24) is 20.1 Å². The third-order valence-electron chi connectivity index (χ3n) is 4.04. The third kappa shape index (κ3) is 4.30. The zero-order valence-corrected chi connectivity index (χ0v) is 14.0. The van der Waals surface area contributed by atoms with Crippen LogP contribution in [0.4, 0.5) is 11.8 Å². The Morgan fingerprint density at radius 1 is 1.13 bits per heavy atom. The molecule has 0 amide bonds. The number of anilines is 2. The van der Waals surface area contributed by atoms with Crippen LogP contribution in [0.5, 0.6) is 0 Å². The first kappa shape index (κ1) is 16.0. The Bertz CT molecular complexity index is 625. The van der Waals surface area contributed by atoms with E-state index < -0.39 is 0 Å². The fourth-order valence-corrected chi connectivity index (χ4v) is 2.70. The quantitative estimate of drug-likeness (QED) is 0.906. The van der Waals surface area contributed by atoms with E-state index in [1.807, 2.05) is 24.3 Å². The molecule has 0 radical (unpaired) electrons. The molecular formula is C16H21ClN6. The second-order valence-corrected chi connectivity index (χ2v) is 5.98. The Morgan fingerprint density at radius 2 is 1.87 bits per heavy atom. The Labute approximate surface area is 141 Å². The number of aromatic nitrogens is 3. The van der Waals surface area contributed by atoms with Crippen molar-refractivity contribution in [3.05, 3.63) is 41.0 Å². The van der Waals surface area contributed by atoms with Crippen LogP contribution < -0.4 is 10.2 Å². The SMILES string of the molecule is CCN1CCN(c2nncc(NCc3ccc(Cl)cc3)n2)CC1. The molecule has 0 saturated carbocycles. The van der Waals surface area contributed by atoms with Gasteiger partial charge in [-0.2, -0.15) is 10.1 Å². The molecule has 122 valence electrons. The van der Waals surface area contributed by atoms with E-state index in [0.717, 1.165) is 49.1 Å². The summed E-state index contributed by atoms with van der Waals surface area (Å²) < 4.78 is 0. The summed E-state index contributed by atoms with van der Waals surface area (Å²) >= 11 is 5.90. The van der Waals surface area contributed by atoms with Gasteiger partial charge in [0.2, 0.25) is 5.95 Å². The molecule has 0 unspecified atom stereocenters. The van der Waals surface area contributed by atoms with Gasteiger partial charge in [0.1, 0.15) is 0 Å². The number of piperazine rings is 1. The number of nitrogens with zero attached hydrogens (tertiary/aromatic N) is 5. The van der Waals surface area contributed by atoms with E-state index in [1.165, 1.54) is 0 Å². The summed E-state index contributed by atoms with van der Waals surface area (Å²) in [6.07, 6.45) is 1.65. The van der Waals surface area contributed by atoms with Gasteiger partial charge in [-0.05, 0) is 24.2 Å². The van der Waals surface area contributed by atoms with Gasteiger partial charge in [0.05, 0.1) is 6.20 Å². The van der Waals surface area contributed by atoms with Crippen LogP contribution in [0, 0.1) is 0 Å². The number of benzene rings is 1. The Kier molecular flexibility index (Phi) is 5.25. The minimum absolute atomic E-state index is 0.679. The third-order valence-corrected chi connectivity index (χ3v) is 4.29. The van der Waals surface area contributed by atoms with Crippen molar-refractivity contribution in [2.45, 2.75) is 13.5 Å². The lowest BCUT2D eigenvalue weighted by molar-refractivity contribution is 0.269. The Morgan fingerprint density at radius 3 is 2.57 bits per heavy atom. The topological polar surface area (TPSA) is 57.2 Å². The van der Waals surface area contributed by atoms with Gasteiger partial charge in [-0.25, -0.2) is 0 Å². The molecule has 6 nitrogen and oxygen atoms in total. The largest absolute Gasteiger partial charge is 0.365 e. The van der Waals surface area contributed by atoms with E-state index >= 15 is 0 Å². The fraction of sp³-hybridized carbons (Fsp3) is 0.438. The number of rotatable bonds is 5. The maximum atomic E-state index is 5.90. The molecule has 1 aliphatic rings. The molecule has 1 aromatic heterocycles. The van der Waals surface area contributed by atoms with Gasteiger partial charge in [-0.15, -0.1) is 5.10 Å². The van der Waals surface area contributed by atoms with Crippen LogP contribution in [-0.4, -0.2) is 52.8 Å². The molecule has 2 heterocycles. The second-order valence-electron chi connectivity index (χ2n) is 5.54. The van der Waals surface area contributed by atoms with Crippen LogP contribution >= 0.6 is 11.6 Å². The summed E-state index contributed by atoms with van der Waals surface area (Å²) in [5, 5.41) is 12.3. The second kappa shape index (κ2) is 7.57.